The van der Waals surface area contributed by atoms with Crippen molar-refractivity contribution >= 4 is 40.3 Å². The van der Waals surface area contributed by atoms with Crippen molar-refractivity contribution in [1.29, 1.82) is 0 Å². The highest BCUT2D eigenvalue weighted by Gasteiger charge is 2.21. The van der Waals surface area contributed by atoms with Crippen LogP contribution in [0, 0.1) is 0 Å². The van der Waals surface area contributed by atoms with Gasteiger partial charge in [-0.3, -0.25) is 4.79 Å². The number of likely N-dealkylation sites (tertiary alicyclic amines) is 1. The van der Waals surface area contributed by atoms with Crippen molar-refractivity contribution < 1.29 is 4.79 Å². The first kappa shape index (κ1) is 15.2. The van der Waals surface area contributed by atoms with E-state index in [4.69, 9.17) is 5.73 Å². The first-order chi connectivity index (χ1) is 8.16. The Kier molecular flexibility index (Phi) is 5.85. The summed E-state index contributed by atoms with van der Waals surface area (Å²) >= 11 is 3.44. The average molecular weight is 332 g/mol. The van der Waals surface area contributed by atoms with Crippen LogP contribution in [0.25, 0.3) is 6.08 Å². The molecule has 0 spiro atoms. The molecule has 0 aliphatic carbocycles. The molecule has 1 atom stereocenters. The molecular formula is C13H16BrClN2O. The van der Waals surface area contributed by atoms with Gasteiger partial charge in [0, 0.05) is 29.7 Å². The van der Waals surface area contributed by atoms with Gasteiger partial charge in [0.15, 0.2) is 0 Å². The zero-order chi connectivity index (χ0) is 12.3. The second kappa shape index (κ2) is 6.92. The summed E-state index contributed by atoms with van der Waals surface area (Å²) in [6.45, 7) is 1.43. The molecule has 1 fully saturated rings. The van der Waals surface area contributed by atoms with Crippen LogP contribution in [0.2, 0.25) is 0 Å². The van der Waals surface area contributed by atoms with Crippen molar-refractivity contribution in [3.05, 3.63) is 40.4 Å². The first-order valence-corrected chi connectivity index (χ1v) is 6.43. The molecule has 1 aliphatic rings. The lowest BCUT2D eigenvalue weighted by molar-refractivity contribution is -0.124. The summed E-state index contributed by atoms with van der Waals surface area (Å²) in [5, 5.41) is 0. The minimum Gasteiger partial charge on any atom is -0.338 e. The average Bonchev–Trinajstić information content (AvgIpc) is 2.74. The van der Waals surface area contributed by atoms with Gasteiger partial charge in [0.05, 0.1) is 0 Å². The maximum Gasteiger partial charge on any atom is 0.246 e. The third kappa shape index (κ3) is 3.83. The van der Waals surface area contributed by atoms with Gasteiger partial charge in [-0.2, -0.15) is 0 Å². The zero-order valence-corrected chi connectivity index (χ0v) is 12.3. The number of hydrogen-bond acceptors (Lipinski definition) is 2. The van der Waals surface area contributed by atoms with Crippen molar-refractivity contribution in [2.75, 3.05) is 13.1 Å². The molecule has 1 aromatic rings. The Labute approximate surface area is 122 Å². The standard InChI is InChI=1S/C13H15BrN2O.ClH/c14-12-4-2-1-3-10(12)5-6-13(17)16-8-7-11(15)9-16;/h1-6,11H,7-9,15H2;1H. The summed E-state index contributed by atoms with van der Waals surface area (Å²) < 4.78 is 0.988. The number of benzene rings is 1. The van der Waals surface area contributed by atoms with E-state index in [0.717, 1.165) is 23.0 Å². The highest BCUT2D eigenvalue weighted by Crippen LogP contribution is 2.17. The highest BCUT2D eigenvalue weighted by molar-refractivity contribution is 9.10. The quantitative estimate of drug-likeness (QED) is 0.846. The van der Waals surface area contributed by atoms with Gasteiger partial charge in [-0.05, 0) is 24.1 Å². The smallest absolute Gasteiger partial charge is 0.246 e. The number of rotatable bonds is 2. The summed E-state index contributed by atoms with van der Waals surface area (Å²) in [4.78, 5) is 13.6. The van der Waals surface area contributed by atoms with E-state index in [1.54, 1.807) is 11.0 Å². The predicted molar refractivity (Wildman–Crippen MR) is 79.6 cm³/mol. The van der Waals surface area contributed by atoms with Gasteiger partial charge >= 0.3 is 0 Å². The van der Waals surface area contributed by atoms with Crippen molar-refractivity contribution in [2.45, 2.75) is 12.5 Å². The Hall–Kier alpha value is -0.840. The van der Waals surface area contributed by atoms with Crippen LogP contribution in [0.5, 0.6) is 0 Å². The second-order valence-corrected chi connectivity index (χ2v) is 5.04. The van der Waals surface area contributed by atoms with E-state index in [1.807, 2.05) is 30.3 Å². The molecule has 2 N–H and O–H groups in total. The molecule has 1 amide bonds. The minimum atomic E-state index is 0. The Bertz CT molecular complexity index is 450. The van der Waals surface area contributed by atoms with Crippen molar-refractivity contribution in [2.24, 2.45) is 5.73 Å². The summed E-state index contributed by atoms with van der Waals surface area (Å²) in [7, 11) is 0. The molecule has 1 aromatic carbocycles. The van der Waals surface area contributed by atoms with Crippen LogP contribution in [0.15, 0.2) is 34.8 Å². The highest BCUT2D eigenvalue weighted by atomic mass is 79.9. The number of carbonyl (C=O) groups is 1. The van der Waals surface area contributed by atoms with E-state index in [-0.39, 0.29) is 24.4 Å². The number of halogens is 2. The fraction of sp³-hybridized carbons (Fsp3) is 0.308. The largest absolute Gasteiger partial charge is 0.338 e. The monoisotopic (exact) mass is 330 g/mol. The van der Waals surface area contributed by atoms with Crippen LogP contribution in [0.1, 0.15) is 12.0 Å². The summed E-state index contributed by atoms with van der Waals surface area (Å²) in [6, 6.07) is 7.94. The van der Waals surface area contributed by atoms with E-state index in [9.17, 15) is 4.79 Å². The third-order valence-corrected chi connectivity index (χ3v) is 3.57. The van der Waals surface area contributed by atoms with Gasteiger partial charge in [-0.1, -0.05) is 34.1 Å². The molecule has 1 heterocycles. The van der Waals surface area contributed by atoms with E-state index in [2.05, 4.69) is 15.9 Å². The first-order valence-electron chi connectivity index (χ1n) is 5.64. The Balaban J connectivity index is 0.00000162. The predicted octanol–water partition coefficient (Wildman–Crippen LogP) is 2.44. The maximum absolute atomic E-state index is 11.8. The Morgan fingerprint density at radius 3 is 2.78 bits per heavy atom. The molecule has 5 heteroatoms. The summed E-state index contributed by atoms with van der Waals surface area (Å²) in [6.07, 6.45) is 4.34. The lowest BCUT2D eigenvalue weighted by atomic mass is 10.2. The van der Waals surface area contributed by atoms with Crippen LogP contribution >= 0.6 is 28.3 Å². The second-order valence-electron chi connectivity index (χ2n) is 4.19. The molecule has 0 saturated carbocycles. The van der Waals surface area contributed by atoms with Crippen LogP contribution in [-0.4, -0.2) is 29.9 Å². The van der Waals surface area contributed by atoms with Crippen molar-refractivity contribution in [1.82, 2.24) is 4.90 Å². The lowest BCUT2D eigenvalue weighted by Crippen LogP contribution is -2.30. The lowest BCUT2D eigenvalue weighted by Gasteiger charge is -2.12. The van der Waals surface area contributed by atoms with Crippen molar-refractivity contribution in [3.8, 4) is 0 Å². The number of hydrogen-bond donors (Lipinski definition) is 1. The van der Waals surface area contributed by atoms with Gasteiger partial charge in [-0.25, -0.2) is 0 Å². The van der Waals surface area contributed by atoms with Crippen LogP contribution in [0.3, 0.4) is 0 Å². The van der Waals surface area contributed by atoms with Crippen LogP contribution in [0.4, 0.5) is 0 Å². The minimum absolute atomic E-state index is 0. The van der Waals surface area contributed by atoms with Crippen LogP contribution in [-0.2, 0) is 4.79 Å². The topological polar surface area (TPSA) is 46.3 Å². The van der Waals surface area contributed by atoms with Crippen LogP contribution < -0.4 is 5.73 Å². The zero-order valence-electron chi connectivity index (χ0n) is 9.88. The Morgan fingerprint density at radius 1 is 1.44 bits per heavy atom. The summed E-state index contributed by atoms with van der Waals surface area (Å²) in [5.74, 6) is 0.0358. The molecule has 2 rings (SSSR count). The van der Waals surface area contributed by atoms with Crippen molar-refractivity contribution in [3.63, 3.8) is 0 Å². The number of nitrogens with two attached hydrogens (primary N) is 1. The molecule has 18 heavy (non-hydrogen) atoms. The summed E-state index contributed by atoms with van der Waals surface area (Å²) in [5.41, 5.74) is 6.77. The maximum atomic E-state index is 11.8. The third-order valence-electron chi connectivity index (χ3n) is 2.85. The van der Waals surface area contributed by atoms with E-state index < -0.39 is 0 Å². The number of carbonyl (C=O) groups excluding carboxylic acids is 1. The molecule has 3 nitrogen and oxygen atoms in total. The van der Waals surface area contributed by atoms with Gasteiger partial charge in [0.25, 0.3) is 0 Å². The number of nitrogens with zero attached hydrogens (tertiary/aromatic N) is 1. The van der Waals surface area contributed by atoms with E-state index in [0.29, 0.717) is 6.54 Å². The molecule has 0 radical (unpaired) electrons. The van der Waals surface area contributed by atoms with E-state index in [1.165, 1.54) is 0 Å². The van der Waals surface area contributed by atoms with Gasteiger partial charge in [0.1, 0.15) is 0 Å². The van der Waals surface area contributed by atoms with Gasteiger partial charge in [-0.15, -0.1) is 12.4 Å². The van der Waals surface area contributed by atoms with Gasteiger partial charge in [0.2, 0.25) is 5.91 Å². The fourth-order valence-electron chi connectivity index (χ4n) is 1.86. The normalized spacial score (nSPS) is 19.0. The van der Waals surface area contributed by atoms with E-state index >= 15 is 0 Å². The van der Waals surface area contributed by atoms with Gasteiger partial charge < -0.3 is 10.6 Å². The molecular weight excluding hydrogens is 316 g/mol. The molecule has 0 bridgehead atoms. The Morgan fingerprint density at radius 2 is 2.17 bits per heavy atom. The number of amides is 1. The fourth-order valence-corrected chi connectivity index (χ4v) is 2.28. The molecule has 1 aliphatic heterocycles. The molecule has 1 unspecified atom stereocenters. The SMILES string of the molecule is Cl.NC1CCN(C(=O)C=Cc2ccccc2Br)C1. The molecule has 98 valence electrons. The molecule has 0 aromatic heterocycles. The molecule has 1 saturated heterocycles.